The minimum atomic E-state index is 0.201. The van der Waals surface area contributed by atoms with E-state index in [4.69, 9.17) is 5.73 Å². The molecule has 3 aromatic rings. The number of rotatable bonds is 6. The second-order valence-corrected chi connectivity index (χ2v) is 6.91. The van der Waals surface area contributed by atoms with Crippen LogP contribution in [0.15, 0.2) is 59.5 Å². The summed E-state index contributed by atoms with van der Waals surface area (Å²) >= 11 is 1.80. The monoisotopic (exact) mass is 351 g/mol. The molecule has 6 heteroatoms. The van der Waals surface area contributed by atoms with Crippen molar-refractivity contribution >= 4 is 23.7 Å². The molecule has 0 spiro atoms. The molecule has 0 saturated carbocycles. The van der Waals surface area contributed by atoms with Crippen LogP contribution in [0, 0.1) is 6.92 Å². The van der Waals surface area contributed by atoms with Gasteiger partial charge in [-0.15, -0.1) is 11.8 Å². The molecule has 0 bridgehead atoms. The molecule has 0 aliphatic heterocycles. The van der Waals surface area contributed by atoms with E-state index in [9.17, 15) is 0 Å². The molecule has 0 aliphatic carbocycles. The van der Waals surface area contributed by atoms with E-state index < -0.39 is 0 Å². The van der Waals surface area contributed by atoms with Crippen LogP contribution in [-0.4, -0.2) is 26.7 Å². The Morgan fingerprint density at radius 3 is 2.52 bits per heavy atom. The van der Waals surface area contributed by atoms with Gasteiger partial charge in [-0.25, -0.2) is 0 Å². The highest BCUT2D eigenvalue weighted by Gasteiger charge is 2.08. The smallest absolute Gasteiger partial charge is 0.227 e. The summed E-state index contributed by atoms with van der Waals surface area (Å²) < 4.78 is 0. The zero-order chi connectivity index (χ0) is 17.6. The van der Waals surface area contributed by atoms with Crippen molar-refractivity contribution < 1.29 is 0 Å². The lowest BCUT2D eigenvalue weighted by molar-refractivity contribution is 0.869. The minimum Gasteiger partial charge on any atom is -0.368 e. The zero-order valence-corrected chi connectivity index (χ0v) is 15.1. The third-order valence-electron chi connectivity index (χ3n) is 3.58. The second kappa shape index (κ2) is 7.98. The van der Waals surface area contributed by atoms with Gasteiger partial charge in [0.2, 0.25) is 11.9 Å². The number of anilines is 2. The molecule has 0 radical (unpaired) electrons. The van der Waals surface area contributed by atoms with Crippen LogP contribution in [0.5, 0.6) is 0 Å². The van der Waals surface area contributed by atoms with Gasteiger partial charge >= 0.3 is 0 Å². The molecule has 128 valence electrons. The SMILES string of the molecule is Cc1nc(N)nc(NC(C)CSc2cccc(-c3ccccc3)c2)n1. The summed E-state index contributed by atoms with van der Waals surface area (Å²) in [5.41, 5.74) is 8.12. The number of aryl methyl sites for hydroxylation is 1. The lowest BCUT2D eigenvalue weighted by Gasteiger charge is -2.14. The highest BCUT2D eigenvalue weighted by atomic mass is 32.2. The highest BCUT2D eigenvalue weighted by molar-refractivity contribution is 7.99. The number of aromatic nitrogens is 3. The molecule has 5 nitrogen and oxygen atoms in total. The van der Waals surface area contributed by atoms with E-state index in [0.29, 0.717) is 11.8 Å². The minimum absolute atomic E-state index is 0.201. The van der Waals surface area contributed by atoms with Crippen LogP contribution >= 0.6 is 11.8 Å². The fraction of sp³-hybridized carbons (Fsp3) is 0.211. The van der Waals surface area contributed by atoms with E-state index >= 15 is 0 Å². The zero-order valence-electron chi connectivity index (χ0n) is 14.3. The van der Waals surface area contributed by atoms with Crippen molar-refractivity contribution in [1.29, 1.82) is 0 Å². The fourth-order valence-electron chi connectivity index (χ4n) is 2.45. The van der Waals surface area contributed by atoms with Crippen LogP contribution in [0.25, 0.3) is 11.1 Å². The van der Waals surface area contributed by atoms with Crippen molar-refractivity contribution in [3.8, 4) is 11.1 Å². The molecule has 1 unspecified atom stereocenters. The molecule has 0 aliphatic rings. The number of nitrogens with one attached hydrogen (secondary N) is 1. The van der Waals surface area contributed by atoms with E-state index in [0.717, 1.165) is 5.75 Å². The second-order valence-electron chi connectivity index (χ2n) is 5.81. The van der Waals surface area contributed by atoms with Crippen molar-refractivity contribution in [3.05, 3.63) is 60.4 Å². The summed E-state index contributed by atoms with van der Waals surface area (Å²) in [6.07, 6.45) is 0. The first kappa shape index (κ1) is 17.2. The van der Waals surface area contributed by atoms with Crippen LogP contribution in [0.1, 0.15) is 12.7 Å². The van der Waals surface area contributed by atoms with Gasteiger partial charge in [-0.2, -0.15) is 15.0 Å². The maximum Gasteiger partial charge on any atom is 0.227 e. The van der Waals surface area contributed by atoms with E-state index in [1.807, 2.05) is 6.07 Å². The first-order chi connectivity index (χ1) is 12.1. The van der Waals surface area contributed by atoms with Gasteiger partial charge in [-0.05, 0) is 37.1 Å². The third-order valence-corrected chi connectivity index (χ3v) is 4.84. The Morgan fingerprint density at radius 1 is 1.00 bits per heavy atom. The molecule has 1 atom stereocenters. The maximum atomic E-state index is 5.66. The molecular formula is C19H21N5S. The molecule has 1 aromatic heterocycles. The van der Waals surface area contributed by atoms with Crippen LogP contribution < -0.4 is 11.1 Å². The van der Waals surface area contributed by atoms with Gasteiger partial charge in [0.05, 0.1) is 0 Å². The first-order valence-corrected chi connectivity index (χ1v) is 9.12. The highest BCUT2D eigenvalue weighted by Crippen LogP contribution is 2.26. The normalized spacial score (nSPS) is 11.9. The predicted molar refractivity (Wildman–Crippen MR) is 105 cm³/mol. The lowest BCUT2D eigenvalue weighted by atomic mass is 10.1. The van der Waals surface area contributed by atoms with E-state index in [1.165, 1.54) is 16.0 Å². The van der Waals surface area contributed by atoms with E-state index in [1.54, 1.807) is 18.7 Å². The Kier molecular flexibility index (Phi) is 5.50. The molecule has 0 fully saturated rings. The molecule has 25 heavy (non-hydrogen) atoms. The summed E-state index contributed by atoms with van der Waals surface area (Å²) in [4.78, 5) is 13.6. The van der Waals surface area contributed by atoms with Crippen LogP contribution in [-0.2, 0) is 0 Å². The first-order valence-electron chi connectivity index (χ1n) is 8.13. The summed E-state index contributed by atoms with van der Waals surface area (Å²) in [6.45, 7) is 3.90. The molecule has 1 heterocycles. The van der Waals surface area contributed by atoms with Crippen LogP contribution in [0.2, 0.25) is 0 Å². The Morgan fingerprint density at radius 2 is 1.76 bits per heavy atom. The topological polar surface area (TPSA) is 76.7 Å². The Bertz CT molecular complexity index is 818. The average molecular weight is 351 g/mol. The summed E-state index contributed by atoms with van der Waals surface area (Å²) in [5.74, 6) is 2.27. The van der Waals surface area contributed by atoms with Crippen molar-refractivity contribution in [2.75, 3.05) is 16.8 Å². The third kappa shape index (κ3) is 4.93. The van der Waals surface area contributed by atoms with Crippen LogP contribution in [0.4, 0.5) is 11.9 Å². The number of thioether (sulfide) groups is 1. The Labute approximate surface area is 152 Å². The maximum absolute atomic E-state index is 5.66. The fourth-order valence-corrected chi connectivity index (χ4v) is 3.36. The van der Waals surface area contributed by atoms with Gasteiger partial charge in [0.15, 0.2) is 0 Å². The molecule has 0 saturated heterocycles. The Balaban J connectivity index is 1.61. The van der Waals surface area contributed by atoms with Gasteiger partial charge < -0.3 is 11.1 Å². The molecule has 0 amide bonds. The standard InChI is InChI=1S/C19H21N5S/c1-13(21-19-23-14(2)22-18(20)24-19)12-25-17-10-6-9-16(11-17)15-7-4-3-5-8-15/h3-11,13H,12H2,1-2H3,(H3,20,21,22,23,24). The quantitative estimate of drug-likeness (QED) is 0.653. The van der Waals surface area contributed by atoms with Crippen molar-refractivity contribution in [3.63, 3.8) is 0 Å². The number of benzene rings is 2. The van der Waals surface area contributed by atoms with Crippen molar-refractivity contribution in [1.82, 2.24) is 15.0 Å². The number of nitrogen functional groups attached to an aromatic ring is 1. The van der Waals surface area contributed by atoms with Gasteiger partial charge in [-0.3, -0.25) is 0 Å². The molecule has 3 N–H and O–H groups in total. The van der Waals surface area contributed by atoms with Gasteiger partial charge in [-0.1, -0.05) is 42.5 Å². The lowest BCUT2D eigenvalue weighted by Crippen LogP contribution is -2.20. The number of nitrogens with two attached hydrogens (primary N) is 1. The van der Waals surface area contributed by atoms with Crippen molar-refractivity contribution in [2.45, 2.75) is 24.8 Å². The number of hydrogen-bond donors (Lipinski definition) is 2. The number of hydrogen-bond acceptors (Lipinski definition) is 6. The van der Waals surface area contributed by atoms with E-state index in [-0.39, 0.29) is 12.0 Å². The molecule has 2 aromatic carbocycles. The van der Waals surface area contributed by atoms with Crippen LogP contribution in [0.3, 0.4) is 0 Å². The average Bonchev–Trinajstić information content (AvgIpc) is 2.60. The van der Waals surface area contributed by atoms with E-state index in [2.05, 4.69) is 75.7 Å². The number of nitrogens with zero attached hydrogens (tertiary/aromatic N) is 3. The van der Waals surface area contributed by atoms with Gasteiger partial charge in [0.1, 0.15) is 5.82 Å². The largest absolute Gasteiger partial charge is 0.368 e. The Hall–Kier alpha value is -2.60. The van der Waals surface area contributed by atoms with Crippen molar-refractivity contribution in [2.24, 2.45) is 0 Å². The molecule has 3 rings (SSSR count). The van der Waals surface area contributed by atoms with Gasteiger partial charge in [0.25, 0.3) is 0 Å². The summed E-state index contributed by atoms with van der Waals surface area (Å²) in [5, 5.41) is 3.28. The summed E-state index contributed by atoms with van der Waals surface area (Å²) in [6, 6.07) is 19.2. The molecular weight excluding hydrogens is 330 g/mol. The summed E-state index contributed by atoms with van der Waals surface area (Å²) in [7, 11) is 0. The predicted octanol–water partition coefficient (Wildman–Crippen LogP) is 4.02. The van der Waals surface area contributed by atoms with Gasteiger partial charge in [0, 0.05) is 16.7 Å².